The molecule has 0 aliphatic heterocycles. The fourth-order valence-corrected chi connectivity index (χ4v) is 8.33. The number of aliphatic carboxylic acids is 1. The zero-order chi connectivity index (χ0) is 27.9. The van der Waals surface area contributed by atoms with Crippen LogP contribution >= 0.6 is 27.3 Å². The van der Waals surface area contributed by atoms with Gasteiger partial charge in [0.1, 0.15) is 6.61 Å². The molecule has 1 aromatic heterocycles. The molecule has 0 radical (unpaired) electrons. The van der Waals surface area contributed by atoms with Crippen LogP contribution < -0.4 is 5.32 Å². The first-order valence-corrected chi connectivity index (χ1v) is 15.2. The minimum absolute atomic E-state index is 0.101. The Kier molecular flexibility index (Phi) is 7.63. The minimum atomic E-state index is -0.840. The number of rotatable bonds is 7. The lowest BCUT2D eigenvalue weighted by Gasteiger charge is -2.53. The van der Waals surface area contributed by atoms with Crippen LogP contribution in [0.15, 0.2) is 52.1 Å². The van der Waals surface area contributed by atoms with Crippen molar-refractivity contribution in [2.24, 2.45) is 16.5 Å². The summed E-state index contributed by atoms with van der Waals surface area (Å²) in [6.45, 7) is 8.98. The smallest absolute Gasteiger partial charge is 0.309 e. The number of carboxylic acid groups (broad SMARTS) is 1. The van der Waals surface area contributed by atoms with Gasteiger partial charge in [0, 0.05) is 14.7 Å². The number of hydrogen-bond acceptors (Lipinski definition) is 5. The predicted octanol–water partition coefficient (Wildman–Crippen LogP) is 7.49. The van der Waals surface area contributed by atoms with Crippen LogP contribution in [0.2, 0.25) is 0 Å². The first kappa shape index (κ1) is 27.8. The average molecular weight is 612 g/mol. The van der Waals surface area contributed by atoms with Crippen molar-refractivity contribution in [3.05, 3.63) is 68.5 Å². The van der Waals surface area contributed by atoms with Gasteiger partial charge < -0.3 is 15.3 Å². The zero-order valence-electron chi connectivity index (χ0n) is 22.8. The maximum absolute atomic E-state index is 12.7. The summed E-state index contributed by atoms with van der Waals surface area (Å²) in [7, 11) is 0. The van der Waals surface area contributed by atoms with Gasteiger partial charge in [-0.1, -0.05) is 66.5 Å². The van der Waals surface area contributed by atoms with Gasteiger partial charge in [0.05, 0.1) is 22.5 Å². The number of carbonyl (C=O) groups excluding carboxylic acids is 1. The Morgan fingerprint density at radius 2 is 1.97 bits per heavy atom. The van der Waals surface area contributed by atoms with Gasteiger partial charge in [-0.2, -0.15) is 0 Å². The predicted molar refractivity (Wildman–Crippen MR) is 160 cm³/mol. The largest absolute Gasteiger partial charge is 0.481 e. The Balaban J connectivity index is 1.37. The molecule has 1 fully saturated rings. The van der Waals surface area contributed by atoms with Gasteiger partial charge in [-0.25, -0.2) is 0 Å². The number of carbonyl (C=O) groups is 2. The molecule has 0 spiro atoms. The topological polar surface area (TPSA) is 88.0 Å². The molecule has 2 aliphatic rings. The Labute approximate surface area is 242 Å². The molecule has 0 saturated heterocycles. The fourth-order valence-electron chi connectivity index (χ4n) is 6.55. The number of thiophene rings is 1. The van der Waals surface area contributed by atoms with Gasteiger partial charge in [-0.15, -0.1) is 11.3 Å². The van der Waals surface area contributed by atoms with Crippen molar-refractivity contribution >= 4 is 54.9 Å². The first-order valence-electron chi connectivity index (χ1n) is 13.6. The normalized spacial score (nSPS) is 25.4. The molecule has 0 bridgehead atoms. The highest BCUT2D eigenvalue weighted by Gasteiger charge is 2.56. The van der Waals surface area contributed by atoms with Crippen LogP contribution in [0.4, 0.5) is 0 Å². The van der Waals surface area contributed by atoms with Crippen molar-refractivity contribution in [3.63, 3.8) is 0 Å². The molecule has 3 atom stereocenters. The van der Waals surface area contributed by atoms with Crippen LogP contribution in [-0.4, -0.2) is 35.8 Å². The number of halogens is 1. The van der Waals surface area contributed by atoms with E-state index < -0.39 is 11.4 Å². The van der Waals surface area contributed by atoms with E-state index in [1.165, 1.54) is 16.9 Å². The number of carboxylic acids is 1. The van der Waals surface area contributed by atoms with Crippen molar-refractivity contribution < 1.29 is 19.5 Å². The molecule has 2 N–H and O–H groups in total. The summed E-state index contributed by atoms with van der Waals surface area (Å²) in [6.07, 6.45) is 3.01. The lowest BCUT2D eigenvalue weighted by molar-refractivity contribution is -0.156. The van der Waals surface area contributed by atoms with E-state index in [1.54, 1.807) is 0 Å². The fraction of sp³-hybridized carbons (Fsp3) is 0.452. The van der Waals surface area contributed by atoms with Crippen LogP contribution in [-0.2, 0) is 15.0 Å². The highest BCUT2D eigenvalue weighted by Crippen LogP contribution is 2.58. The van der Waals surface area contributed by atoms with E-state index in [1.807, 2.05) is 37.3 Å². The lowest BCUT2D eigenvalue weighted by Crippen LogP contribution is -2.53. The van der Waals surface area contributed by atoms with Crippen molar-refractivity contribution in [2.75, 3.05) is 13.2 Å². The summed E-state index contributed by atoms with van der Waals surface area (Å²) in [5, 5.41) is 18.8. The molecular weight excluding hydrogens is 576 g/mol. The summed E-state index contributed by atoms with van der Waals surface area (Å²) in [6, 6.07) is 14.2. The van der Waals surface area contributed by atoms with Crippen LogP contribution in [0.25, 0.3) is 10.1 Å². The lowest BCUT2D eigenvalue weighted by atomic mass is 9.49. The highest BCUT2D eigenvalue weighted by molar-refractivity contribution is 9.10. The molecule has 1 saturated carbocycles. The summed E-state index contributed by atoms with van der Waals surface area (Å²) in [5.74, 6) is -0.659. The van der Waals surface area contributed by atoms with Gasteiger partial charge in [0.15, 0.2) is 0 Å². The van der Waals surface area contributed by atoms with Crippen molar-refractivity contribution in [3.8, 4) is 0 Å². The molecule has 1 heterocycles. The maximum atomic E-state index is 12.7. The number of oxime groups is 1. The standard InChI is InChI=1S/C31H35BrN2O4S/c1-18(2)20-15-21-22(16-23(20)32)30(3)10-7-11-31(4,29(36)37)27(30)17-24(21)34-38-13-12-33-28(35)26-14-19-8-5-6-9-25(19)39-26/h5-6,8-9,14-16,18,27H,7,10-13,17H2,1-4H3,(H,33,35)(H,36,37)/b34-24+/t27-,30-,31-/m1/s1. The van der Waals surface area contributed by atoms with Gasteiger partial charge in [-0.05, 0) is 84.2 Å². The SMILES string of the molecule is CC(C)c1cc2c(cc1Br)[C@@]1(C)CCC[C@@](C)(C(=O)O)[C@@H]1C/C2=N\OCCNC(=O)c1cc2ccccc2s1. The van der Waals surface area contributed by atoms with Crippen molar-refractivity contribution in [1.29, 1.82) is 0 Å². The van der Waals surface area contributed by atoms with Crippen molar-refractivity contribution in [1.82, 2.24) is 5.32 Å². The summed E-state index contributed by atoms with van der Waals surface area (Å²) in [4.78, 5) is 31.6. The van der Waals surface area contributed by atoms with Gasteiger partial charge in [0.2, 0.25) is 0 Å². The average Bonchev–Trinajstić information content (AvgIpc) is 3.33. The third kappa shape index (κ3) is 5.02. The van der Waals surface area contributed by atoms with E-state index >= 15 is 0 Å². The molecule has 206 valence electrons. The van der Waals surface area contributed by atoms with E-state index in [-0.39, 0.29) is 23.8 Å². The third-order valence-corrected chi connectivity index (χ3v) is 10.6. The Morgan fingerprint density at radius 1 is 1.21 bits per heavy atom. The van der Waals surface area contributed by atoms with E-state index in [0.717, 1.165) is 44.2 Å². The Hall–Kier alpha value is -2.71. The van der Waals surface area contributed by atoms with Gasteiger partial charge in [-0.3, -0.25) is 9.59 Å². The van der Waals surface area contributed by atoms with Gasteiger partial charge >= 0.3 is 5.97 Å². The van der Waals surface area contributed by atoms with Crippen LogP contribution in [0.1, 0.15) is 85.7 Å². The Bertz CT molecular complexity index is 1430. The monoisotopic (exact) mass is 610 g/mol. The molecule has 39 heavy (non-hydrogen) atoms. The molecular formula is C31H35BrN2O4S. The summed E-state index contributed by atoms with van der Waals surface area (Å²) in [5.41, 5.74) is 3.05. The number of nitrogens with zero attached hydrogens (tertiary/aromatic N) is 1. The molecule has 6 nitrogen and oxygen atoms in total. The second kappa shape index (κ2) is 10.7. The van der Waals surface area contributed by atoms with E-state index in [9.17, 15) is 14.7 Å². The van der Waals surface area contributed by atoms with Crippen LogP contribution in [0.5, 0.6) is 0 Å². The van der Waals surface area contributed by atoms with Gasteiger partial charge in [0.25, 0.3) is 5.91 Å². The maximum Gasteiger partial charge on any atom is 0.309 e. The minimum Gasteiger partial charge on any atom is -0.481 e. The molecule has 3 aromatic rings. The van der Waals surface area contributed by atoms with Crippen molar-refractivity contribution in [2.45, 2.75) is 64.7 Å². The molecule has 2 aliphatic carbocycles. The Morgan fingerprint density at radius 3 is 2.69 bits per heavy atom. The number of benzene rings is 2. The number of fused-ring (bicyclic) bond motifs is 4. The molecule has 5 rings (SSSR count). The number of nitrogens with one attached hydrogen (secondary N) is 1. The summed E-state index contributed by atoms with van der Waals surface area (Å²) >= 11 is 5.25. The highest BCUT2D eigenvalue weighted by atomic mass is 79.9. The van der Waals surface area contributed by atoms with Crippen LogP contribution in [0.3, 0.4) is 0 Å². The molecule has 2 aromatic carbocycles. The van der Waals surface area contributed by atoms with E-state index in [4.69, 9.17) is 4.84 Å². The summed E-state index contributed by atoms with van der Waals surface area (Å²) < 4.78 is 2.13. The molecule has 1 amide bonds. The second-order valence-corrected chi connectivity index (χ2v) is 13.5. The number of amides is 1. The third-order valence-electron chi connectivity index (χ3n) is 8.80. The van der Waals surface area contributed by atoms with E-state index in [2.05, 4.69) is 59.3 Å². The molecule has 8 heteroatoms. The van der Waals surface area contributed by atoms with E-state index in [0.29, 0.717) is 30.2 Å². The first-order chi connectivity index (χ1) is 18.5. The zero-order valence-corrected chi connectivity index (χ0v) is 25.2. The number of hydrogen-bond donors (Lipinski definition) is 2. The second-order valence-electron chi connectivity index (χ2n) is 11.6. The molecule has 0 unspecified atom stereocenters. The quantitative estimate of drug-likeness (QED) is 0.214. The van der Waals surface area contributed by atoms with Crippen LogP contribution in [0, 0.1) is 11.3 Å².